The van der Waals surface area contributed by atoms with Gasteiger partial charge in [0, 0.05) is 40.5 Å². The Morgan fingerprint density at radius 3 is 2.78 bits per heavy atom. The van der Waals surface area contributed by atoms with E-state index < -0.39 is 0 Å². The first-order valence-electron chi connectivity index (χ1n) is 8.85. The highest BCUT2D eigenvalue weighted by Crippen LogP contribution is 2.40. The fraction of sp³-hybridized carbons (Fsp3) is 0.182. The van der Waals surface area contributed by atoms with Crippen molar-refractivity contribution in [3.63, 3.8) is 0 Å². The number of nitrogens with zero attached hydrogens (tertiary/aromatic N) is 1. The second kappa shape index (κ2) is 7.41. The summed E-state index contributed by atoms with van der Waals surface area (Å²) in [7, 11) is 0. The van der Waals surface area contributed by atoms with E-state index in [1.165, 1.54) is 0 Å². The van der Waals surface area contributed by atoms with Crippen LogP contribution in [0.1, 0.15) is 21.5 Å². The van der Waals surface area contributed by atoms with Gasteiger partial charge in [-0.15, -0.1) is 0 Å². The number of amides is 1. The lowest BCUT2D eigenvalue weighted by Gasteiger charge is -2.14. The first-order chi connectivity index (χ1) is 13.1. The van der Waals surface area contributed by atoms with Crippen molar-refractivity contribution in [3.05, 3.63) is 82.6 Å². The molecule has 2 heterocycles. The summed E-state index contributed by atoms with van der Waals surface area (Å²) in [5, 5.41) is 3.66. The zero-order valence-electron chi connectivity index (χ0n) is 14.9. The number of fused-ring (bicyclic) bond motifs is 1. The van der Waals surface area contributed by atoms with Crippen LogP contribution in [0, 0.1) is 6.92 Å². The summed E-state index contributed by atoms with van der Waals surface area (Å²) in [5.41, 5.74) is 4.66. The Morgan fingerprint density at radius 1 is 1.22 bits per heavy atom. The Morgan fingerprint density at radius 2 is 2.00 bits per heavy atom. The third-order valence-corrected chi connectivity index (χ3v) is 4.95. The van der Waals surface area contributed by atoms with Gasteiger partial charge < -0.3 is 10.1 Å². The number of nitrogens with one attached hydrogen (secondary N) is 1. The molecule has 136 valence electrons. The van der Waals surface area contributed by atoms with Crippen molar-refractivity contribution in [1.29, 1.82) is 0 Å². The predicted octanol–water partition coefficient (Wildman–Crippen LogP) is 4.44. The third kappa shape index (κ3) is 3.67. The fourth-order valence-electron chi connectivity index (χ4n) is 3.38. The number of hydrogen-bond donors (Lipinski definition) is 1. The van der Waals surface area contributed by atoms with Gasteiger partial charge >= 0.3 is 0 Å². The van der Waals surface area contributed by atoms with Crippen molar-refractivity contribution < 1.29 is 9.53 Å². The largest absolute Gasteiger partial charge is 0.487 e. The molecule has 0 saturated heterocycles. The molecular formula is C22H19ClN2O2. The molecule has 1 aliphatic rings. The van der Waals surface area contributed by atoms with E-state index in [9.17, 15) is 4.79 Å². The molecule has 0 fully saturated rings. The van der Waals surface area contributed by atoms with E-state index in [2.05, 4.69) is 10.3 Å². The molecule has 0 spiro atoms. The van der Waals surface area contributed by atoms with Crippen LogP contribution in [-0.2, 0) is 6.42 Å². The molecule has 0 saturated carbocycles. The highest BCUT2D eigenvalue weighted by atomic mass is 35.5. The SMILES string of the molecule is Cc1ccccc1C(=O)NC[C@@H]1Cc2cc(Cl)cc(-c3ccncc3)c2O1. The van der Waals surface area contributed by atoms with Crippen LogP contribution >= 0.6 is 11.6 Å². The lowest BCUT2D eigenvalue weighted by molar-refractivity contribution is 0.0933. The molecule has 5 heteroatoms. The predicted molar refractivity (Wildman–Crippen MR) is 106 cm³/mol. The first kappa shape index (κ1) is 17.6. The maximum atomic E-state index is 12.4. The molecule has 2 aromatic carbocycles. The summed E-state index contributed by atoms with van der Waals surface area (Å²) in [6.45, 7) is 2.37. The quantitative estimate of drug-likeness (QED) is 0.730. The topological polar surface area (TPSA) is 51.2 Å². The van der Waals surface area contributed by atoms with Crippen molar-refractivity contribution in [2.45, 2.75) is 19.4 Å². The van der Waals surface area contributed by atoms with Crippen LogP contribution in [0.2, 0.25) is 5.02 Å². The smallest absolute Gasteiger partial charge is 0.251 e. The number of aromatic nitrogens is 1. The number of hydrogen-bond acceptors (Lipinski definition) is 3. The Labute approximate surface area is 163 Å². The van der Waals surface area contributed by atoms with Gasteiger partial charge in [-0.25, -0.2) is 0 Å². The number of halogens is 1. The molecule has 4 rings (SSSR count). The standard InChI is InChI=1S/C22H19ClN2O2/c1-14-4-2-3-5-19(14)22(26)25-13-18-11-16-10-17(23)12-20(21(16)27-18)15-6-8-24-9-7-15/h2-10,12,18H,11,13H2,1H3,(H,25,26)/t18-/m0/s1. The molecule has 3 aromatic rings. The molecule has 0 unspecified atom stereocenters. The number of aryl methyl sites for hydroxylation is 1. The molecular weight excluding hydrogens is 360 g/mol. The van der Waals surface area contributed by atoms with Crippen molar-refractivity contribution in [3.8, 4) is 16.9 Å². The molecule has 1 atom stereocenters. The first-order valence-corrected chi connectivity index (χ1v) is 9.23. The normalized spacial score (nSPS) is 15.1. The van der Waals surface area contributed by atoms with Gasteiger partial charge in [0.2, 0.25) is 0 Å². The van der Waals surface area contributed by atoms with E-state index in [1.54, 1.807) is 12.4 Å². The van der Waals surface area contributed by atoms with Gasteiger partial charge in [-0.3, -0.25) is 9.78 Å². The number of pyridine rings is 1. The Balaban J connectivity index is 1.50. The second-order valence-electron chi connectivity index (χ2n) is 6.65. The highest BCUT2D eigenvalue weighted by molar-refractivity contribution is 6.31. The molecule has 1 aromatic heterocycles. The van der Waals surface area contributed by atoms with Crippen molar-refractivity contribution in [2.24, 2.45) is 0 Å². The Bertz CT molecular complexity index is 989. The van der Waals surface area contributed by atoms with Crippen molar-refractivity contribution >= 4 is 17.5 Å². The zero-order chi connectivity index (χ0) is 18.8. The van der Waals surface area contributed by atoms with Gasteiger partial charge in [-0.05, 0) is 48.4 Å². The van der Waals surface area contributed by atoms with Crippen LogP contribution in [0.25, 0.3) is 11.1 Å². The summed E-state index contributed by atoms with van der Waals surface area (Å²) < 4.78 is 6.17. The number of carbonyl (C=O) groups excluding carboxylic acids is 1. The van der Waals surface area contributed by atoms with Crippen molar-refractivity contribution in [1.82, 2.24) is 10.3 Å². The second-order valence-corrected chi connectivity index (χ2v) is 7.08. The maximum absolute atomic E-state index is 12.4. The van der Waals surface area contributed by atoms with Gasteiger partial charge in [0.15, 0.2) is 0 Å². The monoisotopic (exact) mass is 378 g/mol. The lowest BCUT2D eigenvalue weighted by atomic mass is 10.0. The average Bonchev–Trinajstić information content (AvgIpc) is 3.09. The van der Waals surface area contributed by atoms with Crippen LogP contribution in [0.15, 0.2) is 60.9 Å². The molecule has 1 amide bonds. The molecule has 1 aliphatic heterocycles. The zero-order valence-corrected chi connectivity index (χ0v) is 15.7. The minimum atomic E-state index is -0.118. The lowest BCUT2D eigenvalue weighted by Crippen LogP contribution is -2.34. The van der Waals surface area contributed by atoms with E-state index in [4.69, 9.17) is 16.3 Å². The third-order valence-electron chi connectivity index (χ3n) is 4.73. The molecule has 1 N–H and O–H groups in total. The average molecular weight is 379 g/mol. The minimum Gasteiger partial charge on any atom is -0.487 e. The molecule has 4 nitrogen and oxygen atoms in total. The molecule has 0 bridgehead atoms. The van der Waals surface area contributed by atoms with Crippen LogP contribution < -0.4 is 10.1 Å². The minimum absolute atomic E-state index is 0.0833. The van der Waals surface area contributed by atoms with E-state index >= 15 is 0 Å². The summed E-state index contributed by atoms with van der Waals surface area (Å²) in [6, 6.07) is 15.3. The van der Waals surface area contributed by atoms with Crippen LogP contribution in [0.5, 0.6) is 5.75 Å². The molecule has 0 radical (unpaired) electrons. The Kier molecular flexibility index (Phi) is 4.82. The van der Waals surface area contributed by atoms with E-state index in [0.29, 0.717) is 23.6 Å². The van der Waals surface area contributed by atoms with Gasteiger partial charge in [0.25, 0.3) is 5.91 Å². The number of rotatable bonds is 4. The van der Waals surface area contributed by atoms with E-state index in [0.717, 1.165) is 28.0 Å². The van der Waals surface area contributed by atoms with Gasteiger partial charge in [-0.1, -0.05) is 29.8 Å². The van der Waals surface area contributed by atoms with Gasteiger partial charge in [0.1, 0.15) is 11.9 Å². The van der Waals surface area contributed by atoms with Crippen molar-refractivity contribution in [2.75, 3.05) is 6.54 Å². The molecule has 0 aliphatic carbocycles. The Hall–Kier alpha value is -2.85. The number of benzene rings is 2. The highest BCUT2D eigenvalue weighted by Gasteiger charge is 2.27. The summed E-state index contributed by atoms with van der Waals surface area (Å²) in [4.78, 5) is 16.5. The number of carbonyl (C=O) groups is 1. The van der Waals surface area contributed by atoms with E-state index in [-0.39, 0.29) is 12.0 Å². The number of ether oxygens (including phenoxy) is 1. The maximum Gasteiger partial charge on any atom is 0.251 e. The van der Waals surface area contributed by atoms with Gasteiger partial charge in [-0.2, -0.15) is 0 Å². The van der Waals surface area contributed by atoms with Crippen LogP contribution in [0.4, 0.5) is 0 Å². The van der Waals surface area contributed by atoms with Crippen LogP contribution in [-0.4, -0.2) is 23.5 Å². The summed E-state index contributed by atoms with van der Waals surface area (Å²) >= 11 is 6.31. The fourth-order valence-corrected chi connectivity index (χ4v) is 3.62. The summed E-state index contributed by atoms with van der Waals surface area (Å²) in [5.74, 6) is 0.751. The van der Waals surface area contributed by atoms with Gasteiger partial charge in [0.05, 0.1) is 6.54 Å². The summed E-state index contributed by atoms with van der Waals surface area (Å²) in [6.07, 6.45) is 4.09. The van der Waals surface area contributed by atoms with Crippen LogP contribution in [0.3, 0.4) is 0 Å². The molecule has 27 heavy (non-hydrogen) atoms. The van der Waals surface area contributed by atoms with E-state index in [1.807, 2.05) is 55.5 Å².